The number of carbonyl (C=O) groups is 1. The van der Waals surface area contributed by atoms with Crippen LogP contribution in [0.4, 0.5) is 0 Å². The zero-order valence-electron chi connectivity index (χ0n) is 20.3. The SMILES string of the molecule is CC(C)CN1CCN([C@@H]2CCOC3(CCN(C(=O)CCCc4ccccc4)CC3)C2)CC1. The molecule has 3 heterocycles. The number of ether oxygens (including phenoxy) is 1. The van der Waals surface area contributed by atoms with E-state index in [1.807, 2.05) is 6.07 Å². The fourth-order valence-corrected chi connectivity index (χ4v) is 5.90. The normalized spacial score (nSPS) is 24.8. The van der Waals surface area contributed by atoms with Crippen molar-refractivity contribution in [3.63, 3.8) is 0 Å². The number of likely N-dealkylation sites (tertiary alicyclic amines) is 1. The van der Waals surface area contributed by atoms with Crippen LogP contribution in [-0.2, 0) is 16.0 Å². The maximum absolute atomic E-state index is 12.8. The third-order valence-electron chi connectivity index (χ3n) is 7.74. The molecule has 3 aliphatic rings. The lowest BCUT2D eigenvalue weighted by molar-refractivity contribution is -0.150. The second-order valence-electron chi connectivity index (χ2n) is 10.6. The van der Waals surface area contributed by atoms with Gasteiger partial charge in [0, 0.05) is 64.9 Å². The highest BCUT2D eigenvalue weighted by molar-refractivity contribution is 5.76. The summed E-state index contributed by atoms with van der Waals surface area (Å²) in [5.41, 5.74) is 1.32. The molecule has 0 saturated carbocycles. The fourth-order valence-electron chi connectivity index (χ4n) is 5.90. The highest BCUT2D eigenvalue weighted by Crippen LogP contribution is 2.37. The van der Waals surface area contributed by atoms with Crippen LogP contribution in [-0.4, -0.2) is 84.7 Å². The number of hydrogen-bond donors (Lipinski definition) is 0. The molecule has 3 fully saturated rings. The van der Waals surface area contributed by atoms with Crippen LogP contribution in [0.5, 0.6) is 0 Å². The van der Waals surface area contributed by atoms with Gasteiger partial charge in [0.2, 0.25) is 5.91 Å². The molecule has 4 rings (SSSR count). The van der Waals surface area contributed by atoms with E-state index in [0.29, 0.717) is 18.4 Å². The summed E-state index contributed by atoms with van der Waals surface area (Å²) in [6.45, 7) is 13.2. The Hall–Kier alpha value is -1.43. The molecule has 0 aliphatic carbocycles. The molecular weight excluding hydrogens is 398 g/mol. The van der Waals surface area contributed by atoms with Crippen molar-refractivity contribution in [2.45, 2.75) is 70.4 Å². The monoisotopic (exact) mass is 441 g/mol. The zero-order valence-corrected chi connectivity index (χ0v) is 20.3. The molecule has 0 bridgehead atoms. The van der Waals surface area contributed by atoms with Crippen LogP contribution in [0.3, 0.4) is 0 Å². The summed E-state index contributed by atoms with van der Waals surface area (Å²) < 4.78 is 6.39. The fraction of sp³-hybridized carbons (Fsp3) is 0.741. The van der Waals surface area contributed by atoms with Gasteiger partial charge in [0.15, 0.2) is 0 Å². The van der Waals surface area contributed by atoms with E-state index in [2.05, 4.69) is 52.8 Å². The number of hydrogen-bond acceptors (Lipinski definition) is 4. The number of piperazine rings is 1. The zero-order chi connectivity index (χ0) is 22.4. The molecule has 32 heavy (non-hydrogen) atoms. The van der Waals surface area contributed by atoms with Crippen molar-refractivity contribution in [2.75, 3.05) is 52.4 Å². The Bertz CT molecular complexity index is 707. The molecule has 5 nitrogen and oxygen atoms in total. The minimum Gasteiger partial charge on any atom is -0.375 e. The number of benzene rings is 1. The molecule has 1 spiro atoms. The third-order valence-corrected chi connectivity index (χ3v) is 7.74. The predicted octanol–water partition coefficient (Wildman–Crippen LogP) is 3.82. The van der Waals surface area contributed by atoms with Gasteiger partial charge in [-0.3, -0.25) is 9.69 Å². The highest BCUT2D eigenvalue weighted by atomic mass is 16.5. The molecular formula is C27H43N3O2. The summed E-state index contributed by atoms with van der Waals surface area (Å²) in [6.07, 6.45) is 6.89. The van der Waals surface area contributed by atoms with Crippen LogP contribution in [0.1, 0.15) is 57.9 Å². The van der Waals surface area contributed by atoms with Crippen molar-refractivity contribution >= 4 is 5.91 Å². The van der Waals surface area contributed by atoms with Crippen LogP contribution in [0, 0.1) is 5.92 Å². The van der Waals surface area contributed by atoms with Crippen molar-refractivity contribution in [3.05, 3.63) is 35.9 Å². The van der Waals surface area contributed by atoms with Gasteiger partial charge >= 0.3 is 0 Å². The number of piperidine rings is 1. The van der Waals surface area contributed by atoms with Gasteiger partial charge in [-0.25, -0.2) is 0 Å². The summed E-state index contributed by atoms with van der Waals surface area (Å²) in [5.74, 6) is 1.07. The Labute approximate surface area is 195 Å². The van der Waals surface area contributed by atoms with Gasteiger partial charge < -0.3 is 14.5 Å². The summed E-state index contributed by atoms with van der Waals surface area (Å²) in [6, 6.07) is 11.1. The van der Waals surface area contributed by atoms with Crippen molar-refractivity contribution < 1.29 is 9.53 Å². The van der Waals surface area contributed by atoms with E-state index >= 15 is 0 Å². The van der Waals surface area contributed by atoms with Crippen molar-refractivity contribution in [2.24, 2.45) is 5.92 Å². The largest absolute Gasteiger partial charge is 0.375 e. The summed E-state index contributed by atoms with van der Waals surface area (Å²) >= 11 is 0. The molecule has 178 valence electrons. The van der Waals surface area contributed by atoms with E-state index in [1.54, 1.807) is 0 Å². The number of rotatable bonds is 7. The molecule has 3 saturated heterocycles. The molecule has 1 aromatic carbocycles. The van der Waals surface area contributed by atoms with Gasteiger partial charge in [-0.05, 0) is 50.0 Å². The first-order valence-electron chi connectivity index (χ1n) is 13.0. The minimum atomic E-state index is -0.00119. The highest BCUT2D eigenvalue weighted by Gasteiger charge is 2.42. The first-order valence-corrected chi connectivity index (χ1v) is 13.0. The summed E-state index contributed by atoms with van der Waals surface area (Å²) in [5, 5.41) is 0. The van der Waals surface area contributed by atoms with Gasteiger partial charge in [0.1, 0.15) is 0 Å². The van der Waals surface area contributed by atoms with Gasteiger partial charge in [-0.2, -0.15) is 0 Å². The lowest BCUT2D eigenvalue weighted by atomic mass is 9.81. The van der Waals surface area contributed by atoms with Crippen LogP contribution >= 0.6 is 0 Å². The minimum absolute atomic E-state index is 0.00119. The molecule has 0 N–H and O–H groups in total. The Kier molecular flexibility index (Phi) is 8.25. The average Bonchev–Trinajstić information content (AvgIpc) is 2.80. The molecule has 0 unspecified atom stereocenters. The third kappa shape index (κ3) is 6.33. The maximum atomic E-state index is 12.8. The number of aryl methyl sites for hydroxylation is 1. The van der Waals surface area contributed by atoms with Crippen LogP contribution in [0.25, 0.3) is 0 Å². The maximum Gasteiger partial charge on any atom is 0.222 e. The second-order valence-corrected chi connectivity index (χ2v) is 10.6. The Morgan fingerprint density at radius 3 is 2.47 bits per heavy atom. The molecule has 0 aromatic heterocycles. The first-order chi connectivity index (χ1) is 15.5. The van der Waals surface area contributed by atoms with Crippen LogP contribution < -0.4 is 0 Å². The van der Waals surface area contributed by atoms with Gasteiger partial charge in [0.25, 0.3) is 0 Å². The van der Waals surface area contributed by atoms with Crippen molar-refractivity contribution in [1.29, 1.82) is 0 Å². The van der Waals surface area contributed by atoms with E-state index in [0.717, 1.165) is 64.1 Å². The molecule has 5 heteroatoms. The van der Waals surface area contributed by atoms with Gasteiger partial charge in [-0.1, -0.05) is 44.2 Å². The van der Waals surface area contributed by atoms with Crippen molar-refractivity contribution in [3.8, 4) is 0 Å². The quantitative estimate of drug-likeness (QED) is 0.644. The Morgan fingerprint density at radius 1 is 1.06 bits per heavy atom. The summed E-state index contributed by atoms with van der Waals surface area (Å²) in [7, 11) is 0. The lowest BCUT2D eigenvalue weighted by Crippen LogP contribution is -2.57. The molecule has 3 aliphatic heterocycles. The molecule has 1 atom stereocenters. The standard InChI is InChI=1S/C27H43N3O2/c1-23(2)22-28-16-18-29(19-17-28)25-11-20-32-27(21-25)12-14-30(15-13-27)26(31)10-6-9-24-7-4-3-5-8-24/h3-5,7-8,23,25H,6,9-22H2,1-2H3/t25-/m1/s1. The number of carbonyl (C=O) groups excluding carboxylic acids is 1. The Morgan fingerprint density at radius 2 is 1.78 bits per heavy atom. The number of amides is 1. The predicted molar refractivity (Wildman–Crippen MR) is 130 cm³/mol. The number of nitrogens with zero attached hydrogens (tertiary/aromatic N) is 3. The van der Waals surface area contributed by atoms with E-state index in [-0.39, 0.29) is 5.60 Å². The molecule has 1 aromatic rings. The average molecular weight is 442 g/mol. The van der Waals surface area contributed by atoms with E-state index in [1.165, 1.54) is 38.3 Å². The van der Waals surface area contributed by atoms with Crippen molar-refractivity contribution in [1.82, 2.24) is 14.7 Å². The van der Waals surface area contributed by atoms with Gasteiger partial charge in [-0.15, -0.1) is 0 Å². The van der Waals surface area contributed by atoms with Gasteiger partial charge in [0.05, 0.1) is 5.60 Å². The lowest BCUT2D eigenvalue weighted by Gasteiger charge is -2.49. The summed E-state index contributed by atoms with van der Waals surface area (Å²) in [4.78, 5) is 20.2. The Balaban J connectivity index is 1.20. The van der Waals surface area contributed by atoms with E-state index < -0.39 is 0 Å². The topological polar surface area (TPSA) is 36.0 Å². The van der Waals surface area contributed by atoms with E-state index in [4.69, 9.17) is 4.74 Å². The molecule has 1 amide bonds. The first kappa shape index (κ1) is 23.7. The second kappa shape index (κ2) is 11.1. The molecule has 0 radical (unpaired) electrons. The smallest absolute Gasteiger partial charge is 0.222 e. The van der Waals surface area contributed by atoms with Crippen LogP contribution in [0.2, 0.25) is 0 Å². The van der Waals surface area contributed by atoms with E-state index in [9.17, 15) is 4.79 Å². The van der Waals surface area contributed by atoms with Crippen LogP contribution in [0.15, 0.2) is 30.3 Å².